The van der Waals surface area contributed by atoms with Crippen LogP contribution in [-0.4, -0.2) is 33.1 Å². The van der Waals surface area contributed by atoms with Crippen molar-refractivity contribution in [2.24, 2.45) is 5.73 Å². The molecule has 0 heterocycles. The van der Waals surface area contributed by atoms with Gasteiger partial charge in [-0.15, -0.1) is 0 Å². The molecule has 1 rings (SSSR count). The van der Waals surface area contributed by atoms with E-state index in [1.807, 2.05) is 0 Å². The Hall–Kier alpha value is -1.58. The number of halogens is 1. The van der Waals surface area contributed by atoms with E-state index in [2.05, 4.69) is 11.8 Å². The van der Waals surface area contributed by atoms with Crippen LogP contribution < -0.4 is 10.5 Å². The quantitative estimate of drug-likeness (QED) is 0.805. The maximum atomic E-state index is 13.1. The fourth-order valence-electron chi connectivity index (χ4n) is 1.56. The fraction of sp³-hybridized carbons (Fsp3) is 0.429. The predicted molar refractivity (Wildman–Crippen MR) is 76.8 cm³/mol. The van der Waals surface area contributed by atoms with E-state index in [4.69, 9.17) is 10.5 Å². The highest BCUT2D eigenvalue weighted by Gasteiger charge is 2.10. The molecule has 0 aromatic heterocycles. The maximum Gasteiger partial charge on any atom is 0.153 e. The third-order valence-electron chi connectivity index (χ3n) is 2.43. The molecular formula is C14H18FNO3S. The third-order valence-corrected chi connectivity index (χ3v) is 4.25. The Kier molecular flexibility index (Phi) is 6.49. The normalized spacial score (nSPS) is 10.8. The van der Waals surface area contributed by atoms with E-state index in [9.17, 15) is 12.8 Å². The molecule has 0 atom stereocenters. The average Bonchev–Trinajstić information content (AvgIpc) is 2.38. The Morgan fingerprint density at radius 3 is 2.75 bits per heavy atom. The summed E-state index contributed by atoms with van der Waals surface area (Å²) in [5, 5.41) is 0. The first kappa shape index (κ1) is 16.5. The van der Waals surface area contributed by atoms with Crippen LogP contribution in [0.3, 0.4) is 0 Å². The third kappa shape index (κ3) is 5.59. The number of sulfone groups is 1. The Balaban J connectivity index is 2.73. The molecule has 0 fully saturated rings. The number of hydrogen-bond acceptors (Lipinski definition) is 4. The summed E-state index contributed by atoms with van der Waals surface area (Å²) < 4.78 is 41.6. The molecule has 0 radical (unpaired) electrons. The molecule has 4 nitrogen and oxygen atoms in total. The molecule has 0 aliphatic rings. The van der Waals surface area contributed by atoms with Gasteiger partial charge in [-0.1, -0.05) is 18.8 Å². The molecule has 0 saturated carbocycles. The van der Waals surface area contributed by atoms with Crippen LogP contribution in [0.5, 0.6) is 5.75 Å². The average molecular weight is 299 g/mol. The lowest BCUT2D eigenvalue weighted by molar-refractivity contribution is 0.339. The van der Waals surface area contributed by atoms with Crippen LogP contribution in [0.2, 0.25) is 0 Å². The lowest BCUT2D eigenvalue weighted by Crippen LogP contribution is -2.17. The van der Waals surface area contributed by atoms with Crippen molar-refractivity contribution < 1.29 is 17.5 Å². The lowest BCUT2D eigenvalue weighted by Gasteiger charge is -2.08. The summed E-state index contributed by atoms with van der Waals surface area (Å²) >= 11 is 0. The van der Waals surface area contributed by atoms with Gasteiger partial charge in [0.05, 0.1) is 23.6 Å². The second kappa shape index (κ2) is 7.88. The summed E-state index contributed by atoms with van der Waals surface area (Å²) in [5.74, 6) is 5.31. The number of rotatable bonds is 6. The summed E-state index contributed by atoms with van der Waals surface area (Å²) in [6.45, 7) is 1.98. The molecule has 110 valence electrons. The Labute approximate surface area is 119 Å². The van der Waals surface area contributed by atoms with Crippen molar-refractivity contribution in [3.05, 3.63) is 29.6 Å². The highest BCUT2D eigenvalue weighted by Crippen LogP contribution is 2.18. The molecule has 2 N–H and O–H groups in total. The van der Waals surface area contributed by atoms with E-state index >= 15 is 0 Å². The summed E-state index contributed by atoms with van der Waals surface area (Å²) in [6, 6.07) is 3.91. The molecular weight excluding hydrogens is 281 g/mol. The van der Waals surface area contributed by atoms with Gasteiger partial charge in [0.15, 0.2) is 9.84 Å². The van der Waals surface area contributed by atoms with Crippen molar-refractivity contribution in [1.29, 1.82) is 0 Å². The van der Waals surface area contributed by atoms with Crippen LogP contribution >= 0.6 is 0 Å². The summed E-state index contributed by atoms with van der Waals surface area (Å²) in [4.78, 5) is 0. The SMILES string of the molecule is CCCS(=O)(=O)CCOc1ccc(F)cc1C#CCN. The van der Waals surface area contributed by atoms with Crippen LogP contribution in [0, 0.1) is 17.7 Å². The van der Waals surface area contributed by atoms with Crippen molar-refractivity contribution in [3.63, 3.8) is 0 Å². The first-order valence-electron chi connectivity index (χ1n) is 6.30. The van der Waals surface area contributed by atoms with E-state index < -0.39 is 15.7 Å². The largest absolute Gasteiger partial charge is 0.491 e. The van der Waals surface area contributed by atoms with E-state index in [-0.39, 0.29) is 24.7 Å². The molecule has 0 saturated heterocycles. The van der Waals surface area contributed by atoms with Crippen molar-refractivity contribution >= 4 is 9.84 Å². The van der Waals surface area contributed by atoms with Crippen LogP contribution in [0.15, 0.2) is 18.2 Å². The molecule has 0 aliphatic carbocycles. The second-order valence-electron chi connectivity index (χ2n) is 4.15. The standard InChI is InChI=1S/C14H18FNO3S/c1-2-9-20(17,18)10-8-19-14-6-5-13(15)11-12(14)4-3-7-16/h5-6,11H,2,7-10,16H2,1H3. The highest BCUT2D eigenvalue weighted by molar-refractivity contribution is 7.91. The molecule has 0 spiro atoms. The van der Waals surface area contributed by atoms with Gasteiger partial charge in [-0.2, -0.15) is 0 Å². The van der Waals surface area contributed by atoms with E-state index in [0.717, 1.165) is 0 Å². The van der Waals surface area contributed by atoms with Crippen molar-refractivity contribution in [3.8, 4) is 17.6 Å². The van der Waals surface area contributed by atoms with Gasteiger partial charge in [-0.05, 0) is 24.6 Å². The highest BCUT2D eigenvalue weighted by atomic mass is 32.2. The number of ether oxygens (including phenoxy) is 1. The van der Waals surface area contributed by atoms with E-state index in [1.54, 1.807) is 6.92 Å². The zero-order valence-corrected chi connectivity index (χ0v) is 12.2. The summed E-state index contributed by atoms with van der Waals surface area (Å²) in [7, 11) is -3.09. The maximum absolute atomic E-state index is 13.1. The Morgan fingerprint density at radius 1 is 1.35 bits per heavy atom. The van der Waals surface area contributed by atoms with E-state index in [1.165, 1.54) is 18.2 Å². The molecule has 0 amide bonds. The van der Waals surface area contributed by atoms with Gasteiger partial charge in [0.2, 0.25) is 0 Å². The minimum Gasteiger partial charge on any atom is -0.491 e. The smallest absolute Gasteiger partial charge is 0.153 e. The van der Waals surface area contributed by atoms with Gasteiger partial charge in [-0.3, -0.25) is 0 Å². The first-order valence-corrected chi connectivity index (χ1v) is 8.12. The van der Waals surface area contributed by atoms with Crippen molar-refractivity contribution in [2.75, 3.05) is 24.7 Å². The second-order valence-corrected chi connectivity index (χ2v) is 6.45. The van der Waals surface area contributed by atoms with Gasteiger partial charge >= 0.3 is 0 Å². The van der Waals surface area contributed by atoms with Gasteiger partial charge in [-0.25, -0.2) is 12.8 Å². The molecule has 1 aromatic carbocycles. The molecule has 0 bridgehead atoms. The molecule has 20 heavy (non-hydrogen) atoms. The fourth-order valence-corrected chi connectivity index (χ4v) is 2.73. The minimum atomic E-state index is -3.09. The monoisotopic (exact) mass is 299 g/mol. The predicted octanol–water partition coefficient (Wildman–Crippen LogP) is 1.34. The number of hydrogen-bond donors (Lipinski definition) is 1. The Morgan fingerprint density at radius 2 is 2.10 bits per heavy atom. The minimum absolute atomic E-state index is 0.0191. The van der Waals surface area contributed by atoms with Crippen LogP contribution in [0.25, 0.3) is 0 Å². The first-order chi connectivity index (χ1) is 9.48. The van der Waals surface area contributed by atoms with E-state index in [0.29, 0.717) is 17.7 Å². The molecule has 1 aromatic rings. The van der Waals surface area contributed by atoms with Gasteiger partial charge in [0.25, 0.3) is 0 Å². The zero-order chi connectivity index (χ0) is 15.0. The molecule has 6 heteroatoms. The van der Waals surface area contributed by atoms with Gasteiger partial charge < -0.3 is 10.5 Å². The van der Waals surface area contributed by atoms with Crippen LogP contribution in [-0.2, 0) is 9.84 Å². The van der Waals surface area contributed by atoms with Crippen LogP contribution in [0.4, 0.5) is 4.39 Å². The summed E-state index contributed by atoms with van der Waals surface area (Å²) in [5.41, 5.74) is 5.63. The van der Waals surface area contributed by atoms with Gasteiger partial charge in [0.1, 0.15) is 18.2 Å². The topological polar surface area (TPSA) is 69.4 Å². The zero-order valence-electron chi connectivity index (χ0n) is 11.4. The molecule has 0 unspecified atom stereocenters. The van der Waals surface area contributed by atoms with Crippen LogP contribution in [0.1, 0.15) is 18.9 Å². The molecule has 0 aliphatic heterocycles. The lowest BCUT2D eigenvalue weighted by atomic mass is 10.2. The van der Waals surface area contributed by atoms with Crippen molar-refractivity contribution in [1.82, 2.24) is 0 Å². The number of nitrogens with two attached hydrogens (primary N) is 1. The number of benzene rings is 1. The summed E-state index contributed by atoms with van der Waals surface area (Å²) in [6.07, 6.45) is 0.576. The van der Waals surface area contributed by atoms with Gasteiger partial charge in [0, 0.05) is 0 Å². The Bertz CT molecular complexity index is 603. The van der Waals surface area contributed by atoms with Crippen molar-refractivity contribution in [2.45, 2.75) is 13.3 Å².